The molecule has 1 heterocycles. The highest BCUT2D eigenvalue weighted by Gasteiger charge is 2.25. The molecule has 0 aliphatic carbocycles. The molecule has 0 saturated carbocycles. The van der Waals surface area contributed by atoms with Gasteiger partial charge in [-0.3, -0.25) is 4.79 Å². The molecule has 1 aromatic carbocycles. The van der Waals surface area contributed by atoms with Gasteiger partial charge < -0.3 is 15.4 Å². The van der Waals surface area contributed by atoms with Crippen molar-refractivity contribution < 1.29 is 14.3 Å². The number of amides is 1. The molecule has 5 heteroatoms. The van der Waals surface area contributed by atoms with Crippen LogP contribution in [0.2, 0.25) is 0 Å². The van der Waals surface area contributed by atoms with Crippen molar-refractivity contribution in [1.82, 2.24) is 5.32 Å². The van der Waals surface area contributed by atoms with Crippen molar-refractivity contribution in [3.8, 4) is 0 Å². The van der Waals surface area contributed by atoms with Crippen LogP contribution in [-0.4, -0.2) is 31.6 Å². The van der Waals surface area contributed by atoms with Crippen LogP contribution in [0, 0.1) is 12.8 Å². The molecule has 1 aliphatic heterocycles. The molecular formula is C16H22N2O3. The Labute approximate surface area is 125 Å². The second kappa shape index (κ2) is 6.72. The molecule has 2 N–H and O–H groups in total. The number of benzene rings is 1. The zero-order valence-electron chi connectivity index (χ0n) is 12.7. The molecule has 1 fully saturated rings. The van der Waals surface area contributed by atoms with Gasteiger partial charge in [0.15, 0.2) is 0 Å². The molecule has 114 valence electrons. The van der Waals surface area contributed by atoms with E-state index in [2.05, 4.69) is 17.6 Å². The molecule has 0 aromatic heterocycles. The van der Waals surface area contributed by atoms with E-state index in [0.717, 1.165) is 24.9 Å². The minimum atomic E-state index is -0.445. The smallest absolute Gasteiger partial charge is 0.339 e. The summed E-state index contributed by atoms with van der Waals surface area (Å²) < 4.78 is 4.77. The zero-order valence-corrected chi connectivity index (χ0v) is 12.7. The van der Waals surface area contributed by atoms with Gasteiger partial charge in [0.05, 0.1) is 24.4 Å². The van der Waals surface area contributed by atoms with Gasteiger partial charge in [0.25, 0.3) is 0 Å². The summed E-state index contributed by atoms with van der Waals surface area (Å²) >= 11 is 0. The van der Waals surface area contributed by atoms with E-state index in [-0.39, 0.29) is 11.9 Å². The average molecular weight is 290 g/mol. The van der Waals surface area contributed by atoms with E-state index in [9.17, 15) is 9.59 Å². The Morgan fingerprint density at radius 3 is 2.81 bits per heavy atom. The molecule has 2 rings (SSSR count). The number of hydrogen-bond acceptors (Lipinski definition) is 4. The topological polar surface area (TPSA) is 67.4 Å². The van der Waals surface area contributed by atoms with Crippen molar-refractivity contribution in [3.05, 3.63) is 29.3 Å². The van der Waals surface area contributed by atoms with Crippen LogP contribution in [0.25, 0.3) is 0 Å². The van der Waals surface area contributed by atoms with Crippen molar-refractivity contribution in [2.24, 2.45) is 5.92 Å². The maximum atomic E-state index is 12.3. The highest BCUT2D eigenvalue weighted by molar-refractivity contribution is 6.02. The number of hydrogen-bond donors (Lipinski definition) is 2. The molecule has 2 atom stereocenters. The zero-order chi connectivity index (χ0) is 15.4. The van der Waals surface area contributed by atoms with Gasteiger partial charge in [0.2, 0.25) is 5.91 Å². The molecule has 21 heavy (non-hydrogen) atoms. The average Bonchev–Trinajstić information content (AvgIpc) is 2.48. The Balaban J connectivity index is 2.15. The molecular weight excluding hydrogens is 268 g/mol. The number of aryl methyl sites for hydroxylation is 1. The Kier molecular flexibility index (Phi) is 4.96. The minimum absolute atomic E-state index is 0.101. The van der Waals surface area contributed by atoms with Crippen molar-refractivity contribution in [2.45, 2.75) is 32.7 Å². The van der Waals surface area contributed by atoms with Crippen LogP contribution in [0.1, 0.15) is 35.7 Å². The molecule has 0 bridgehead atoms. The number of nitrogens with one attached hydrogen (secondary N) is 2. The van der Waals surface area contributed by atoms with Crippen LogP contribution >= 0.6 is 0 Å². The van der Waals surface area contributed by atoms with Crippen LogP contribution in [-0.2, 0) is 9.53 Å². The van der Waals surface area contributed by atoms with Crippen LogP contribution in [0.15, 0.2) is 18.2 Å². The number of esters is 1. The van der Waals surface area contributed by atoms with Crippen LogP contribution in [0.4, 0.5) is 5.69 Å². The van der Waals surface area contributed by atoms with Crippen molar-refractivity contribution in [3.63, 3.8) is 0 Å². The molecule has 0 radical (unpaired) electrons. The first-order valence-electron chi connectivity index (χ1n) is 7.24. The summed E-state index contributed by atoms with van der Waals surface area (Å²) in [6, 6.07) is 5.11. The lowest BCUT2D eigenvalue weighted by atomic mass is 9.94. The number of anilines is 1. The summed E-state index contributed by atoms with van der Waals surface area (Å²) in [6.07, 6.45) is 1.90. The lowest BCUT2D eigenvalue weighted by Crippen LogP contribution is -2.45. The van der Waals surface area contributed by atoms with Gasteiger partial charge in [-0.15, -0.1) is 0 Å². The molecule has 1 aliphatic rings. The van der Waals surface area contributed by atoms with E-state index < -0.39 is 5.97 Å². The van der Waals surface area contributed by atoms with Crippen molar-refractivity contribution >= 4 is 17.6 Å². The maximum Gasteiger partial charge on any atom is 0.339 e. The second-order valence-electron chi connectivity index (χ2n) is 5.67. The summed E-state index contributed by atoms with van der Waals surface area (Å²) in [4.78, 5) is 24.1. The largest absolute Gasteiger partial charge is 0.465 e. The molecule has 0 spiro atoms. The molecule has 1 amide bonds. The van der Waals surface area contributed by atoms with E-state index in [1.165, 1.54) is 7.11 Å². The first-order valence-corrected chi connectivity index (χ1v) is 7.24. The van der Waals surface area contributed by atoms with E-state index in [1.54, 1.807) is 12.1 Å². The molecule has 5 nitrogen and oxygen atoms in total. The van der Waals surface area contributed by atoms with Gasteiger partial charge in [0.1, 0.15) is 0 Å². The van der Waals surface area contributed by atoms with E-state index in [4.69, 9.17) is 4.74 Å². The fourth-order valence-electron chi connectivity index (χ4n) is 2.57. The fraction of sp³-hybridized carbons (Fsp3) is 0.500. The summed E-state index contributed by atoms with van der Waals surface area (Å²) in [7, 11) is 1.33. The van der Waals surface area contributed by atoms with Gasteiger partial charge in [0, 0.05) is 0 Å². The maximum absolute atomic E-state index is 12.3. The fourth-order valence-corrected chi connectivity index (χ4v) is 2.57. The summed E-state index contributed by atoms with van der Waals surface area (Å²) in [6.45, 7) is 4.88. The lowest BCUT2D eigenvalue weighted by molar-refractivity contribution is -0.119. The minimum Gasteiger partial charge on any atom is -0.465 e. The van der Waals surface area contributed by atoms with Gasteiger partial charge in [-0.1, -0.05) is 18.6 Å². The summed E-state index contributed by atoms with van der Waals surface area (Å²) in [5.74, 6) is -0.0189. The van der Waals surface area contributed by atoms with Crippen LogP contribution in [0.5, 0.6) is 0 Å². The Hall–Kier alpha value is -1.88. The SMILES string of the molecule is COC(=O)c1cc(C)ccc1NC(=O)C1CC(C)CCN1. The first-order chi connectivity index (χ1) is 10.0. The second-order valence-corrected chi connectivity index (χ2v) is 5.67. The summed E-state index contributed by atoms with van der Waals surface area (Å²) in [5.41, 5.74) is 1.82. The normalized spacial score (nSPS) is 21.7. The number of methoxy groups -OCH3 is 1. The van der Waals surface area contributed by atoms with Gasteiger partial charge in [-0.2, -0.15) is 0 Å². The third-order valence-electron chi connectivity index (χ3n) is 3.82. The number of carbonyl (C=O) groups excluding carboxylic acids is 2. The van der Waals surface area contributed by atoms with Gasteiger partial charge in [-0.25, -0.2) is 4.79 Å². The predicted octanol–water partition coefficient (Wildman–Crippen LogP) is 2.11. The van der Waals surface area contributed by atoms with Gasteiger partial charge in [-0.05, 0) is 44.4 Å². The van der Waals surface area contributed by atoms with Gasteiger partial charge >= 0.3 is 5.97 Å². The Morgan fingerprint density at radius 1 is 1.38 bits per heavy atom. The predicted molar refractivity (Wildman–Crippen MR) is 81.3 cm³/mol. The van der Waals surface area contributed by atoms with Crippen molar-refractivity contribution in [1.29, 1.82) is 0 Å². The molecule has 1 aromatic rings. The highest BCUT2D eigenvalue weighted by Crippen LogP contribution is 2.21. The Morgan fingerprint density at radius 2 is 2.14 bits per heavy atom. The standard InChI is InChI=1S/C16H22N2O3/c1-10-4-5-13(12(8-10)16(20)21-3)18-15(19)14-9-11(2)6-7-17-14/h4-5,8,11,14,17H,6-7,9H2,1-3H3,(H,18,19). The van der Waals surface area contributed by atoms with Crippen LogP contribution in [0.3, 0.4) is 0 Å². The first kappa shape index (κ1) is 15.5. The monoisotopic (exact) mass is 290 g/mol. The summed E-state index contributed by atoms with van der Waals surface area (Å²) in [5, 5.41) is 6.06. The third kappa shape index (κ3) is 3.82. The quantitative estimate of drug-likeness (QED) is 0.837. The van der Waals surface area contributed by atoms with E-state index in [0.29, 0.717) is 17.2 Å². The number of carbonyl (C=O) groups is 2. The molecule has 2 unspecified atom stereocenters. The highest BCUT2D eigenvalue weighted by atomic mass is 16.5. The molecule has 1 saturated heterocycles. The number of piperidine rings is 1. The van der Waals surface area contributed by atoms with Crippen molar-refractivity contribution in [2.75, 3.05) is 19.0 Å². The Bertz CT molecular complexity index is 542. The number of rotatable bonds is 3. The van der Waals surface area contributed by atoms with E-state index in [1.807, 2.05) is 13.0 Å². The third-order valence-corrected chi connectivity index (χ3v) is 3.82. The number of ether oxygens (including phenoxy) is 1. The van der Waals surface area contributed by atoms with E-state index >= 15 is 0 Å². The lowest BCUT2D eigenvalue weighted by Gasteiger charge is -2.27. The van der Waals surface area contributed by atoms with Crippen LogP contribution < -0.4 is 10.6 Å².